The maximum Gasteiger partial charge on any atom is 0.199 e. The van der Waals surface area contributed by atoms with Crippen LogP contribution in [0.1, 0.15) is 15.9 Å². The predicted molar refractivity (Wildman–Crippen MR) is 70.6 cm³/mol. The zero-order valence-electron chi connectivity index (χ0n) is 8.95. The van der Waals surface area contributed by atoms with E-state index in [1.54, 1.807) is 18.2 Å². The molecule has 1 N–H and O–H groups in total. The fraction of sp³-hybridized carbons (Fsp3) is 0. The molecule has 0 aromatic heterocycles. The standard InChI is InChI=1S/C13H7BrClFO2/c14-8-6-9(15)13(18)10(11(8)16)12(17)7-4-2-1-3-5-7/h1-6,18H. The van der Waals surface area contributed by atoms with E-state index in [0.717, 1.165) is 0 Å². The fourth-order valence-electron chi connectivity index (χ4n) is 1.53. The van der Waals surface area contributed by atoms with Crippen molar-refractivity contribution < 1.29 is 14.3 Å². The van der Waals surface area contributed by atoms with Crippen LogP contribution in [0.2, 0.25) is 5.02 Å². The Morgan fingerprint density at radius 1 is 1.28 bits per heavy atom. The Labute approximate surface area is 116 Å². The highest BCUT2D eigenvalue weighted by Crippen LogP contribution is 2.35. The molecule has 0 fully saturated rings. The molecule has 0 amide bonds. The monoisotopic (exact) mass is 328 g/mol. The van der Waals surface area contributed by atoms with Crippen LogP contribution in [0.25, 0.3) is 0 Å². The summed E-state index contributed by atoms with van der Waals surface area (Å²) in [5, 5.41) is 9.64. The Hall–Kier alpha value is -1.39. The quantitative estimate of drug-likeness (QED) is 0.663. The lowest BCUT2D eigenvalue weighted by atomic mass is 10.0. The number of rotatable bonds is 2. The smallest absolute Gasteiger partial charge is 0.199 e. The number of hydrogen-bond donors (Lipinski definition) is 1. The Bertz CT molecular complexity index is 588. The molecule has 2 rings (SSSR count). The van der Waals surface area contributed by atoms with E-state index in [1.807, 2.05) is 0 Å². The molecule has 0 radical (unpaired) electrons. The molecule has 0 heterocycles. The van der Waals surface area contributed by atoms with Gasteiger partial charge in [0.1, 0.15) is 11.3 Å². The highest BCUT2D eigenvalue weighted by Gasteiger charge is 2.23. The van der Waals surface area contributed by atoms with Gasteiger partial charge < -0.3 is 5.11 Å². The summed E-state index contributed by atoms with van der Waals surface area (Å²) in [5.74, 6) is -1.99. The summed E-state index contributed by atoms with van der Waals surface area (Å²) in [4.78, 5) is 12.1. The average Bonchev–Trinajstić information content (AvgIpc) is 2.37. The van der Waals surface area contributed by atoms with Gasteiger partial charge in [0.2, 0.25) is 0 Å². The van der Waals surface area contributed by atoms with Crippen LogP contribution in [0.3, 0.4) is 0 Å². The topological polar surface area (TPSA) is 37.3 Å². The largest absolute Gasteiger partial charge is 0.505 e. The van der Waals surface area contributed by atoms with E-state index in [0.29, 0.717) is 0 Å². The molecule has 2 aromatic rings. The molecule has 0 saturated heterocycles. The molecule has 0 aliphatic rings. The summed E-state index contributed by atoms with van der Waals surface area (Å²) in [7, 11) is 0. The fourth-order valence-corrected chi connectivity index (χ4v) is 2.29. The molecule has 0 unspecified atom stereocenters. The number of benzene rings is 2. The molecule has 92 valence electrons. The highest BCUT2D eigenvalue weighted by atomic mass is 79.9. The van der Waals surface area contributed by atoms with E-state index in [1.165, 1.54) is 18.2 Å². The van der Waals surface area contributed by atoms with Gasteiger partial charge in [-0.05, 0) is 22.0 Å². The number of ketones is 1. The summed E-state index contributed by atoms with van der Waals surface area (Å²) in [6.45, 7) is 0. The lowest BCUT2D eigenvalue weighted by Crippen LogP contribution is -2.05. The van der Waals surface area contributed by atoms with E-state index in [4.69, 9.17) is 11.6 Å². The van der Waals surface area contributed by atoms with Gasteiger partial charge in [-0.3, -0.25) is 4.79 Å². The van der Waals surface area contributed by atoms with Crippen molar-refractivity contribution in [1.29, 1.82) is 0 Å². The lowest BCUT2D eigenvalue weighted by molar-refractivity contribution is 0.103. The summed E-state index contributed by atoms with van der Waals surface area (Å²) >= 11 is 8.67. The van der Waals surface area contributed by atoms with Crippen LogP contribution in [0, 0.1) is 5.82 Å². The third-order valence-corrected chi connectivity index (χ3v) is 3.27. The first-order valence-corrected chi connectivity index (χ1v) is 6.15. The van der Waals surface area contributed by atoms with E-state index in [2.05, 4.69) is 15.9 Å². The van der Waals surface area contributed by atoms with Gasteiger partial charge in [-0.2, -0.15) is 0 Å². The minimum Gasteiger partial charge on any atom is -0.505 e. The van der Waals surface area contributed by atoms with Crippen molar-refractivity contribution in [2.45, 2.75) is 0 Å². The van der Waals surface area contributed by atoms with Crippen molar-refractivity contribution in [1.82, 2.24) is 0 Å². The Morgan fingerprint density at radius 3 is 2.50 bits per heavy atom. The molecule has 18 heavy (non-hydrogen) atoms. The molecule has 0 aliphatic heterocycles. The molecular weight excluding hydrogens is 322 g/mol. The van der Waals surface area contributed by atoms with Gasteiger partial charge >= 0.3 is 0 Å². The molecule has 0 atom stereocenters. The second-order valence-electron chi connectivity index (χ2n) is 3.57. The van der Waals surface area contributed by atoms with E-state index in [-0.39, 0.29) is 15.1 Å². The number of phenols is 1. The molecule has 0 saturated carbocycles. The van der Waals surface area contributed by atoms with Crippen molar-refractivity contribution in [3.8, 4) is 5.75 Å². The Balaban J connectivity index is 2.62. The van der Waals surface area contributed by atoms with Gasteiger partial charge in [-0.25, -0.2) is 4.39 Å². The second kappa shape index (κ2) is 5.08. The van der Waals surface area contributed by atoms with Gasteiger partial charge in [0.05, 0.1) is 9.50 Å². The molecule has 0 spiro atoms. The van der Waals surface area contributed by atoms with E-state index >= 15 is 0 Å². The summed E-state index contributed by atoms with van der Waals surface area (Å²) in [5.41, 5.74) is -0.151. The van der Waals surface area contributed by atoms with Crippen LogP contribution in [0.4, 0.5) is 4.39 Å². The number of hydrogen-bond acceptors (Lipinski definition) is 2. The molecule has 0 bridgehead atoms. The number of halogens is 3. The van der Waals surface area contributed by atoms with Gasteiger partial charge in [-0.15, -0.1) is 0 Å². The number of aromatic hydroxyl groups is 1. The minimum atomic E-state index is -0.828. The molecule has 2 nitrogen and oxygen atoms in total. The molecule has 2 aromatic carbocycles. The Morgan fingerprint density at radius 2 is 1.89 bits per heavy atom. The first kappa shape index (κ1) is 13.1. The SMILES string of the molecule is O=C(c1ccccc1)c1c(O)c(Cl)cc(Br)c1F. The average molecular weight is 330 g/mol. The highest BCUT2D eigenvalue weighted by molar-refractivity contribution is 9.10. The van der Waals surface area contributed by atoms with Crippen LogP contribution < -0.4 is 0 Å². The van der Waals surface area contributed by atoms with Crippen LogP contribution in [0.5, 0.6) is 5.75 Å². The Kier molecular flexibility index (Phi) is 3.68. The number of phenolic OH excluding ortho intramolecular Hbond substituents is 1. The first-order valence-electron chi connectivity index (χ1n) is 4.98. The van der Waals surface area contributed by atoms with Crippen LogP contribution in [-0.4, -0.2) is 10.9 Å². The lowest BCUT2D eigenvalue weighted by Gasteiger charge is -2.08. The number of carbonyl (C=O) groups excluding carboxylic acids is 1. The third-order valence-electron chi connectivity index (χ3n) is 2.41. The van der Waals surface area contributed by atoms with Gasteiger partial charge in [0.25, 0.3) is 0 Å². The minimum absolute atomic E-state index is 0.0320. The first-order chi connectivity index (χ1) is 8.52. The maximum atomic E-state index is 13.9. The van der Waals surface area contributed by atoms with E-state index in [9.17, 15) is 14.3 Å². The van der Waals surface area contributed by atoms with Crippen molar-refractivity contribution in [3.05, 3.63) is 62.8 Å². The van der Waals surface area contributed by atoms with Crippen LogP contribution in [-0.2, 0) is 0 Å². The maximum absolute atomic E-state index is 13.9. The van der Waals surface area contributed by atoms with Crippen LogP contribution >= 0.6 is 27.5 Å². The van der Waals surface area contributed by atoms with Crippen molar-refractivity contribution in [3.63, 3.8) is 0 Å². The third kappa shape index (κ3) is 2.26. The van der Waals surface area contributed by atoms with E-state index < -0.39 is 22.9 Å². The van der Waals surface area contributed by atoms with Crippen molar-refractivity contribution in [2.24, 2.45) is 0 Å². The van der Waals surface area contributed by atoms with Crippen molar-refractivity contribution in [2.75, 3.05) is 0 Å². The summed E-state index contributed by atoms with van der Waals surface area (Å²) in [6, 6.07) is 9.32. The van der Waals surface area contributed by atoms with Crippen molar-refractivity contribution >= 4 is 33.3 Å². The van der Waals surface area contributed by atoms with Gasteiger partial charge in [0, 0.05) is 5.56 Å². The zero-order chi connectivity index (χ0) is 13.3. The predicted octanol–water partition coefficient (Wildman–Crippen LogP) is 4.18. The molecular formula is C13H7BrClFO2. The van der Waals surface area contributed by atoms with Gasteiger partial charge in [0.15, 0.2) is 11.6 Å². The second-order valence-corrected chi connectivity index (χ2v) is 4.83. The molecule has 5 heteroatoms. The summed E-state index contributed by atoms with van der Waals surface area (Å²) in [6.07, 6.45) is 0. The van der Waals surface area contributed by atoms with Gasteiger partial charge in [-0.1, -0.05) is 41.9 Å². The molecule has 0 aliphatic carbocycles. The van der Waals surface area contributed by atoms with Crippen LogP contribution in [0.15, 0.2) is 40.9 Å². The summed E-state index contributed by atoms with van der Waals surface area (Å²) < 4.78 is 13.9. The number of carbonyl (C=O) groups is 1. The normalized spacial score (nSPS) is 10.4. The zero-order valence-corrected chi connectivity index (χ0v) is 11.3.